The molecule has 1 amide bonds. The van der Waals surface area contributed by atoms with Gasteiger partial charge in [-0.2, -0.15) is 0 Å². The zero-order valence-electron chi connectivity index (χ0n) is 40.8. The first-order valence-electron chi connectivity index (χ1n) is 25.3. The van der Waals surface area contributed by atoms with Crippen molar-refractivity contribution in [1.29, 1.82) is 0 Å². The number of benzene rings is 2. The maximum atomic E-state index is 13.8. The second-order valence-corrected chi connectivity index (χ2v) is 18.4. The fourth-order valence-electron chi connectivity index (χ4n) is 8.60. The minimum atomic E-state index is -1.70. The van der Waals surface area contributed by atoms with E-state index in [2.05, 4.69) is 58.0 Å². The van der Waals surface area contributed by atoms with Crippen LogP contribution in [-0.4, -0.2) is 71.4 Å². The van der Waals surface area contributed by atoms with Crippen molar-refractivity contribution in [3.63, 3.8) is 0 Å². The molecule has 0 saturated carbocycles. The Kier molecular flexibility index (Phi) is 37.0. The zero-order chi connectivity index (χ0) is 47.3. The molecular formula is C52H82NNaO12S. The number of carbonyl (C=O) groups is 3. The normalized spacial score (nSPS) is 18.5. The van der Waals surface area contributed by atoms with Crippen LogP contribution in [0.1, 0.15) is 191 Å². The number of aliphatic hydroxyl groups excluding tert-OH is 2. The monoisotopic (exact) mass is 968 g/mol. The summed E-state index contributed by atoms with van der Waals surface area (Å²) in [4.78, 5) is 40.2. The van der Waals surface area contributed by atoms with Gasteiger partial charge in [0.25, 0.3) is 0 Å². The fraction of sp³-hybridized carbons (Fsp3) is 0.712. The molecule has 3 rings (SSSR count). The van der Waals surface area contributed by atoms with Gasteiger partial charge in [-0.3, -0.25) is 23.6 Å². The van der Waals surface area contributed by atoms with Gasteiger partial charge >= 0.3 is 41.5 Å². The molecular weight excluding hydrogens is 886 g/mol. The van der Waals surface area contributed by atoms with E-state index in [1.807, 2.05) is 24.3 Å². The average molecular weight is 968 g/mol. The van der Waals surface area contributed by atoms with E-state index in [-0.39, 0.29) is 67.1 Å². The summed E-state index contributed by atoms with van der Waals surface area (Å²) in [5, 5.41) is 37.9. The Balaban J connectivity index is 0.0000154. The van der Waals surface area contributed by atoms with Gasteiger partial charge in [-0.25, -0.2) is 0 Å². The minimum absolute atomic E-state index is 0. The predicted octanol–water partition coefficient (Wildman–Crippen LogP) is 7.22. The van der Waals surface area contributed by atoms with Crippen LogP contribution in [0.15, 0.2) is 60.7 Å². The summed E-state index contributed by atoms with van der Waals surface area (Å²) < 4.78 is 27.2. The van der Waals surface area contributed by atoms with Crippen molar-refractivity contribution < 1.29 is 87.2 Å². The molecule has 6 atom stereocenters. The van der Waals surface area contributed by atoms with Crippen LogP contribution in [0.5, 0.6) is 0 Å². The first kappa shape index (κ1) is 61.0. The van der Waals surface area contributed by atoms with Crippen molar-refractivity contribution in [2.45, 2.75) is 230 Å². The van der Waals surface area contributed by atoms with Gasteiger partial charge in [0.1, 0.15) is 24.4 Å². The molecule has 0 bridgehead atoms. The van der Waals surface area contributed by atoms with Crippen LogP contribution in [0.4, 0.5) is 0 Å². The van der Waals surface area contributed by atoms with Crippen LogP contribution in [0.2, 0.25) is 0 Å². The predicted molar refractivity (Wildman–Crippen MR) is 255 cm³/mol. The number of aryl methyl sites for hydroxylation is 2. The molecule has 0 radical (unpaired) electrons. The summed E-state index contributed by atoms with van der Waals surface area (Å²) in [6.45, 7) is 1.58. The van der Waals surface area contributed by atoms with E-state index >= 15 is 0 Å². The average Bonchev–Trinajstić information content (AvgIpc) is 3.32. The Bertz CT molecular complexity index is 1510. The number of unbranched alkanes of at least 4 members (excludes halogenated alkanes) is 20. The van der Waals surface area contributed by atoms with Gasteiger partial charge in [0, 0.05) is 12.8 Å². The van der Waals surface area contributed by atoms with E-state index in [4.69, 9.17) is 18.4 Å². The van der Waals surface area contributed by atoms with Crippen LogP contribution < -0.4 is 40.1 Å². The van der Waals surface area contributed by atoms with E-state index in [1.54, 1.807) is 0 Å². The first-order valence-corrected chi connectivity index (χ1v) is 26.0. The molecule has 1 aliphatic rings. The smallest absolute Gasteiger partial charge is 0.691 e. The molecule has 374 valence electrons. The van der Waals surface area contributed by atoms with Crippen molar-refractivity contribution >= 4 is 30.2 Å². The van der Waals surface area contributed by atoms with Gasteiger partial charge < -0.3 is 35.0 Å². The number of carbonyl (C=O) groups excluding carboxylic acids is 3. The van der Waals surface area contributed by atoms with Crippen molar-refractivity contribution in [2.75, 3.05) is 6.61 Å². The van der Waals surface area contributed by atoms with Crippen molar-refractivity contribution in [1.82, 2.24) is 5.32 Å². The number of rotatable bonds is 40. The maximum absolute atomic E-state index is 13.8. The molecule has 1 unspecified atom stereocenters. The van der Waals surface area contributed by atoms with Crippen molar-refractivity contribution in [3.05, 3.63) is 71.8 Å². The molecule has 1 aliphatic heterocycles. The second kappa shape index (κ2) is 40.6. The van der Waals surface area contributed by atoms with E-state index in [9.17, 15) is 29.9 Å². The van der Waals surface area contributed by atoms with E-state index < -0.39 is 55.2 Å². The van der Waals surface area contributed by atoms with Gasteiger partial charge in [0.05, 0.1) is 13.0 Å². The van der Waals surface area contributed by atoms with Gasteiger partial charge in [-0.15, -0.1) is 4.33 Å². The third-order valence-electron chi connectivity index (χ3n) is 12.4. The number of hydrogen-bond donors (Lipinski definition) is 3. The fourth-order valence-corrected chi connectivity index (χ4v) is 8.97. The van der Waals surface area contributed by atoms with Gasteiger partial charge in [-0.05, 0) is 62.5 Å². The largest absolute Gasteiger partial charge is 1.00 e. The minimum Gasteiger partial charge on any atom is -0.691 e. The van der Waals surface area contributed by atoms with E-state index in [0.29, 0.717) is 19.3 Å². The van der Waals surface area contributed by atoms with Crippen LogP contribution in [0, 0.1) is 0 Å². The third kappa shape index (κ3) is 29.0. The van der Waals surface area contributed by atoms with Crippen molar-refractivity contribution in [2.24, 2.45) is 0 Å². The number of ether oxygens (including phenoxy) is 3. The molecule has 0 aromatic heterocycles. The van der Waals surface area contributed by atoms with Gasteiger partial charge in [-0.1, -0.05) is 183 Å². The molecule has 3 N–H and O–H groups in total. The standard InChI is InChI=1S/C52H83NO12S.Na/c1-2-3-4-5-6-7-8-9-10-17-28-37-44(60-47(56)38-29-18-13-11-15-22-31-42-33-24-20-25-34-42)40-46(55)53-49-51(50(63-66-65-64-59)45(41-54)61-52(49)58)62-48(57)39-30-19-14-12-16-23-32-43-35-26-21-27-36-43;/h20-21,24-27,33-36,44-45,49-52,54,58-59H,2-19,22-23,28-32,37-41H2,1H3,(H,53,55);/q;+1/p-1/t44-,45+,49+,50+,51+,52?;/m0./s1. The first-order chi connectivity index (χ1) is 32.3. The number of aliphatic hydroxyl groups is 2. The number of esters is 2. The summed E-state index contributed by atoms with van der Waals surface area (Å²) >= 11 is 0.142. The topological polar surface area (TPSA) is 182 Å². The number of amides is 1. The van der Waals surface area contributed by atoms with Crippen LogP contribution in [-0.2, 0) is 55.0 Å². The molecule has 0 aliphatic carbocycles. The third-order valence-corrected chi connectivity index (χ3v) is 12.8. The van der Waals surface area contributed by atoms with Crippen LogP contribution in [0.25, 0.3) is 0 Å². The summed E-state index contributed by atoms with van der Waals surface area (Å²) in [7, 11) is 0. The van der Waals surface area contributed by atoms with Crippen LogP contribution in [0.3, 0.4) is 0 Å². The summed E-state index contributed by atoms with van der Waals surface area (Å²) in [5.41, 5.74) is 2.68. The van der Waals surface area contributed by atoms with E-state index in [1.165, 1.54) is 56.1 Å². The van der Waals surface area contributed by atoms with Crippen molar-refractivity contribution in [3.8, 4) is 0 Å². The molecule has 15 heteroatoms. The number of nitrogens with one attached hydrogen (secondary N) is 1. The molecule has 2 aromatic rings. The molecule has 1 heterocycles. The summed E-state index contributed by atoms with van der Waals surface area (Å²) in [5.74, 6) is -1.50. The Morgan fingerprint density at radius 1 is 0.672 bits per heavy atom. The molecule has 67 heavy (non-hydrogen) atoms. The van der Waals surface area contributed by atoms with Crippen LogP contribution >= 0.6 is 12.3 Å². The number of hydrogen-bond acceptors (Lipinski definition) is 13. The molecule has 1 saturated heterocycles. The Hall–Kier alpha value is -2.08. The van der Waals surface area contributed by atoms with Gasteiger partial charge in [0.2, 0.25) is 5.91 Å². The second-order valence-electron chi connectivity index (χ2n) is 17.9. The molecule has 1 fully saturated rings. The quantitative estimate of drug-likeness (QED) is 0.0152. The Morgan fingerprint density at radius 3 is 1.66 bits per heavy atom. The Morgan fingerprint density at radius 2 is 1.15 bits per heavy atom. The molecule has 0 spiro atoms. The molecule has 13 nitrogen and oxygen atoms in total. The summed E-state index contributed by atoms with van der Waals surface area (Å²) in [6, 6.07) is 19.5. The SMILES string of the molecule is CCCCCCCCCCCCC[C@@H](CC(=O)N[C@H]1C(O)O[C@H](CO)[C@@H](OSOO[O-])[C@@H]1OC(=O)CCCCCCCCc1ccccc1)OC(=O)CCCCCCCCc1ccccc1.[Na+]. The molecule has 2 aromatic carbocycles. The maximum Gasteiger partial charge on any atom is 1.00 e. The summed E-state index contributed by atoms with van der Waals surface area (Å²) in [6.07, 6.45) is 20.9. The van der Waals surface area contributed by atoms with Gasteiger partial charge in [0.15, 0.2) is 24.7 Å². The zero-order valence-corrected chi connectivity index (χ0v) is 43.7. The van der Waals surface area contributed by atoms with E-state index in [0.717, 1.165) is 103 Å². The Labute approximate surface area is 428 Å².